The summed E-state index contributed by atoms with van der Waals surface area (Å²) in [5.74, 6) is 0.726. The van der Waals surface area contributed by atoms with Gasteiger partial charge in [0, 0.05) is 19.2 Å². The fraction of sp³-hybridized carbons (Fsp3) is 0.909. The summed E-state index contributed by atoms with van der Waals surface area (Å²) in [6, 6.07) is 0.362. The third kappa shape index (κ3) is 5.74. The molecule has 1 rings (SSSR count). The molecule has 1 unspecified atom stereocenters. The van der Waals surface area contributed by atoms with E-state index in [9.17, 15) is 4.79 Å². The van der Waals surface area contributed by atoms with E-state index in [2.05, 4.69) is 24.5 Å². The first-order chi connectivity index (χ1) is 7.18. The average molecular weight is 214 g/mol. The quantitative estimate of drug-likeness (QED) is 0.678. The molecule has 88 valence electrons. The smallest absolute Gasteiger partial charge is 0.233 e. The van der Waals surface area contributed by atoms with Crippen LogP contribution in [-0.2, 0) is 9.53 Å². The van der Waals surface area contributed by atoms with Crippen molar-refractivity contribution in [3.8, 4) is 0 Å². The van der Waals surface area contributed by atoms with Crippen molar-refractivity contribution in [1.82, 2.24) is 10.6 Å². The third-order valence-corrected chi connectivity index (χ3v) is 2.52. The van der Waals surface area contributed by atoms with E-state index in [0.717, 1.165) is 32.6 Å². The van der Waals surface area contributed by atoms with Crippen LogP contribution in [0.25, 0.3) is 0 Å². The van der Waals surface area contributed by atoms with Crippen molar-refractivity contribution in [3.63, 3.8) is 0 Å². The van der Waals surface area contributed by atoms with Gasteiger partial charge in [-0.3, -0.25) is 4.79 Å². The van der Waals surface area contributed by atoms with Gasteiger partial charge in [0.1, 0.15) is 0 Å². The number of carbonyl (C=O) groups is 1. The molecule has 15 heavy (non-hydrogen) atoms. The zero-order valence-corrected chi connectivity index (χ0v) is 9.71. The number of carbonyl (C=O) groups excluding carboxylic acids is 1. The first-order valence-corrected chi connectivity index (χ1v) is 5.76. The Morgan fingerprint density at radius 1 is 1.53 bits per heavy atom. The van der Waals surface area contributed by atoms with Crippen LogP contribution in [0.4, 0.5) is 0 Å². The second-order valence-corrected chi connectivity index (χ2v) is 4.47. The van der Waals surface area contributed by atoms with E-state index in [4.69, 9.17) is 4.74 Å². The molecule has 0 aromatic carbocycles. The molecule has 0 spiro atoms. The summed E-state index contributed by atoms with van der Waals surface area (Å²) in [5.41, 5.74) is 0. The van der Waals surface area contributed by atoms with Gasteiger partial charge >= 0.3 is 0 Å². The predicted octanol–water partition coefficient (Wildman–Crippen LogP) is 0.527. The predicted molar refractivity (Wildman–Crippen MR) is 59.7 cm³/mol. The lowest BCUT2D eigenvalue weighted by atomic mass is 10.1. The second-order valence-electron chi connectivity index (χ2n) is 4.47. The molecular weight excluding hydrogens is 192 g/mol. The molecule has 4 nitrogen and oxygen atoms in total. The Balaban J connectivity index is 1.98. The number of nitrogens with one attached hydrogen (secondary N) is 2. The number of hydrogen-bond donors (Lipinski definition) is 2. The van der Waals surface area contributed by atoms with Gasteiger partial charge in [-0.1, -0.05) is 13.8 Å². The minimum atomic E-state index is 0.0857. The summed E-state index contributed by atoms with van der Waals surface area (Å²) < 4.78 is 5.21. The van der Waals surface area contributed by atoms with Crippen molar-refractivity contribution in [3.05, 3.63) is 0 Å². The van der Waals surface area contributed by atoms with E-state index in [1.165, 1.54) is 0 Å². The molecule has 0 bridgehead atoms. The van der Waals surface area contributed by atoms with E-state index >= 15 is 0 Å². The standard InChI is InChI=1S/C11H22N2O2/c1-9(2)3-5-12-11(14)7-13-10-4-6-15-8-10/h9-10,13H,3-8H2,1-2H3,(H,12,14). The van der Waals surface area contributed by atoms with Crippen LogP contribution in [0.5, 0.6) is 0 Å². The number of hydrogen-bond acceptors (Lipinski definition) is 3. The van der Waals surface area contributed by atoms with Crippen LogP contribution in [0.2, 0.25) is 0 Å². The fourth-order valence-electron chi connectivity index (χ4n) is 1.50. The Labute approximate surface area is 91.8 Å². The van der Waals surface area contributed by atoms with Gasteiger partial charge in [0.15, 0.2) is 0 Å². The van der Waals surface area contributed by atoms with Crippen molar-refractivity contribution >= 4 is 5.91 Å². The third-order valence-electron chi connectivity index (χ3n) is 2.52. The van der Waals surface area contributed by atoms with E-state index in [0.29, 0.717) is 18.5 Å². The molecule has 1 aliphatic rings. The highest BCUT2D eigenvalue weighted by molar-refractivity contribution is 5.77. The topological polar surface area (TPSA) is 50.4 Å². The van der Waals surface area contributed by atoms with Gasteiger partial charge in [-0.05, 0) is 18.8 Å². The average Bonchev–Trinajstić information content (AvgIpc) is 2.66. The molecule has 0 aromatic rings. The van der Waals surface area contributed by atoms with Crippen molar-refractivity contribution in [2.45, 2.75) is 32.7 Å². The first-order valence-electron chi connectivity index (χ1n) is 5.76. The molecule has 4 heteroatoms. The van der Waals surface area contributed by atoms with Crippen LogP contribution in [-0.4, -0.2) is 38.3 Å². The second kappa shape index (κ2) is 6.80. The highest BCUT2D eigenvalue weighted by Crippen LogP contribution is 2.02. The Kier molecular flexibility index (Phi) is 5.65. The summed E-state index contributed by atoms with van der Waals surface area (Å²) >= 11 is 0. The SMILES string of the molecule is CC(C)CCNC(=O)CNC1CCOC1. The Bertz CT molecular complexity index is 189. The fourth-order valence-corrected chi connectivity index (χ4v) is 1.50. The normalized spacial score (nSPS) is 20.9. The van der Waals surface area contributed by atoms with Crippen LogP contribution in [0.15, 0.2) is 0 Å². The van der Waals surface area contributed by atoms with Crippen LogP contribution in [0, 0.1) is 5.92 Å². The maximum Gasteiger partial charge on any atom is 0.233 e. The molecule has 1 fully saturated rings. The van der Waals surface area contributed by atoms with Crippen molar-refractivity contribution < 1.29 is 9.53 Å². The molecule has 1 saturated heterocycles. The molecule has 0 aromatic heterocycles. The minimum Gasteiger partial charge on any atom is -0.380 e. The summed E-state index contributed by atoms with van der Waals surface area (Å²) in [6.07, 6.45) is 2.05. The van der Waals surface area contributed by atoms with Gasteiger partial charge in [0.05, 0.1) is 13.2 Å². The van der Waals surface area contributed by atoms with Crippen LogP contribution in [0.3, 0.4) is 0 Å². The maximum absolute atomic E-state index is 11.4. The molecule has 0 saturated carbocycles. The molecule has 0 radical (unpaired) electrons. The minimum absolute atomic E-state index is 0.0857. The van der Waals surface area contributed by atoms with Crippen molar-refractivity contribution in [1.29, 1.82) is 0 Å². The lowest BCUT2D eigenvalue weighted by Gasteiger charge is -2.11. The van der Waals surface area contributed by atoms with Gasteiger partial charge in [-0.25, -0.2) is 0 Å². The van der Waals surface area contributed by atoms with E-state index in [-0.39, 0.29) is 5.91 Å². The lowest BCUT2D eigenvalue weighted by molar-refractivity contribution is -0.120. The van der Waals surface area contributed by atoms with Gasteiger partial charge in [-0.15, -0.1) is 0 Å². The van der Waals surface area contributed by atoms with Gasteiger partial charge < -0.3 is 15.4 Å². The number of amides is 1. The Morgan fingerprint density at radius 3 is 2.93 bits per heavy atom. The molecule has 2 N–H and O–H groups in total. The molecule has 1 heterocycles. The molecule has 1 aliphatic heterocycles. The van der Waals surface area contributed by atoms with Gasteiger partial charge in [0.2, 0.25) is 5.91 Å². The number of ether oxygens (including phenoxy) is 1. The highest BCUT2D eigenvalue weighted by atomic mass is 16.5. The summed E-state index contributed by atoms with van der Waals surface area (Å²) in [4.78, 5) is 11.4. The largest absolute Gasteiger partial charge is 0.380 e. The van der Waals surface area contributed by atoms with Crippen LogP contribution in [0.1, 0.15) is 26.7 Å². The van der Waals surface area contributed by atoms with E-state index < -0.39 is 0 Å². The zero-order valence-electron chi connectivity index (χ0n) is 9.71. The molecule has 0 aliphatic carbocycles. The van der Waals surface area contributed by atoms with E-state index in [1.54, 1.807) is 0 Å². The monoisotopic (exact) mass is 214 g/mol. The van der Waals surface area contributed by atoms with Gasteiger partial charge in [-0.2, -0.15) is 0 Å². The zero-order chi connectivity index (χ0) is 11.1. The maximum atomic E-state index is 11.4. The highest BCUT2D eigenvalue weighted by Gasteiger charge is 2.15. The van der Waals surface area contributed by atoms with Crippen molar-refractivity contribution in [2.75, 3.05) is 26.3 Å². The molecule has 1 atom stereocenters. The van der Waals surface area contributed by atoms with Crippen molar-refractivity contribution in [2.24, 2.45) is 5.92 Å². The summed E-state index contributed by atoms with van der Waals surface area (Å²) in [5, 5.41) is 6.08. The Morgan fingerprint density at radius 2 is 2.33 bits per heavy atom. The lowest BCUT2D eigenvalue weighted by Crippen LogP contribution is -2.39. The summed E-state index contributed by atoms with van der Waals surface area (Å²) in [6.45, 7) is 7.04. The Hall–Kier alpha value is -0.610. The van der Waals surface area contributed by atoms with E-state index in [1.807, 2.05) is 0 Å². The number of rotatable bonds is 6. The van der Waals surface area contributed by atoms with Gasteiger partial charge in [0.25, 0.3) is 0 Å². The summed E-state index contributed by atoms with van der Waals surface area (Å²) in [7, 11) is 0. The molecule has 1 amide bonds. The molecular formula is C11H22N2O2. The first kappa shape index (κ1) is 12.5. The van der Waals surface area contributed by atoms with Crippen LogP contribution >= 0.6 is 0 Å². The van der Waals surface area contributed by atoms with Crippen LogP contribution < -0.4 is 10.6 Å².